The second-order valence-corrected chi connectivity index (χ2v) is 5.20. The fourth-order valence-corrected chi connectivity index (χ4v) is 2.29. The normalized spacial score (nSPS) is 10.5. The van der Waals surface area contributed by atoms with E-state index in [0.717, 1.165) is 23.5 Å². The average Bonchev–Trinajstić information content (AvgIpc) is 2.41. The summed E-state index contributed by atoms with van der Waals surface area (Å²) in [7, 11) is 2.09. The molecular formula is C16H19ClN2. The Kier molecular flexibility index (Phi) is 4.43. The molecular weight excluding hydrogens is 256 g/mol. The minimum absolute atomic E-state index is 0.487. The van der Waals surface area contributed by atoms with Crippen LogP contribution in [-0.2, 0) is 12.4 Å². The number of halogens is 1. The van der Waals surface area contributed by atoms with Crippen LogP contribution in [0, 0.1) is 13.8 Å². The Labute approximate surface area is 120 Å². The van der Waals surface area contributed by atoms with Crippen molar-refractivity contribution in [3.63, 3.8) is 0 Å². The van der Waals surface area contributed by atoms with E-state index in [2.05, 4.69) is 54.2 Å². The van der Waals surface area contributed by atoms with Crippen LogP contribution in [0.25, 0.3) is 0 Å². The fourth-order valence-electron chi connectivity index (χ4n) is 2.08. The van der Waals surface area contributed by atoms with Gasteiger partial charge in [0, 0.05) is 36.7 Å². The van der Waals surface area contributed by atoms with E-state index in [1.165, 1.54) is 11.1 Å². The number of nitrogens with zero attached hydrogens (tertiary/aromatic N) is 2. The van der Waals surface area contributed by atoms with Crippen LogP contribution in [0.3, 0.4) is 0 Å². The van der Waals surface area contributed by atoms with Crippen molar-refractivity contribution in [3.8, 4) is 0 Å². The minimum Gasteiger partial charge on any atom is -0.370 e. The maximum Gasteiger partial charge on any atom is 0.0509 e. The van der Waals surface area contributed by atoms with Crippen molar-refractivity contribution in [2.45, 2.75) is 26.3 Å². The lowest BCUT2D eigenvalue weighted by molar-refractivity contribution is 0.908. The Morgan fingerprint density at radius 3 is 2.47 bits per heavy atom. The Bertz CT molecular complexity index is 549. The molecule has 0 spiro atoms. The summed E-state index contributed by atoms with van der Waals surface area (Å²) >= 11 is 5.99. The van der Waals surface area contributed by atoms with E-state index < -0.39 is 0 Å². The van der Waals surface area contributed by atoms with Crippen molar-refractivity contribution in [2.24, 2.45) is 0 Å². The molecule has 1 aromatic heterocycles. The zero-order valence-electron chi connectivity index (χ0n) is 11.7. The number of hydrogen-bond acceptors (Lipinski definition) is 2. The first kappa shape index (κ1) is 13.9. The maximum atomic E-state index is 5.99. The molecule has 0 aliphatic heterocycles. The summed E-state index contributed by atoms with van der Waals surface area (Å²) in [6.07, 6.45) is 1.86. The molecule has 1 aromatic carbocycles. The zero-order chi connectivity index (χ0) is 13.8. The average molecular weight is 275 g/mol. The summed E-state index contributed by atoms with van der Waals surface area (Å²) in [5.41, 5.74) is 5.82. The lowest BCUT2D eigenvalue weighted by atomic mass is 10.1. The van der Waals surface area contributed by atoms with E-state index >= 15 is 0 Å². The van der Waals surface area contributed by atoms with Crippen LogP contribution in [0.5, 0.6) is 0 Å². The van der Waals surface area contributed by atoms with E-state index in [1.54, 1.807) is 0 Å². The van der Waals surface area contributed by atoms with E-state index in [-0.39, 0.29) is 0 Å². The van der Waals surface area contributed by atoms with Gasteiger partial charge >= 0.3 is 0 Å². The summed E-state index contributed by atoms with van der Waals surface area (Å²) in [5.74, 6) is 0.487. The monoisotopic (exact) mass is 274 g/mol. The molecule has 0 N–H and O–H groups in total. The highest BCUT2D eigenvalue weighted by Crippen LogP contribution is 2.23. The Hall–Kier alpha value is -1.54. The first-order valence-electron chi connectivity index (χ1n) is 6.38. The van der Waals surface area contributed by atoms with E-state index in [4.69, 9.17) is 11.6 Å². The van der Waals surface area contributed by atoms with E-state index in [9.17, 15) is 0 Å². The van der Waals surface area contributed by atoms with Gasteiger partial charge in [0.15, 0.2) is 0 Å². The van der Waals surface area contributed by atoms with Crippen molar-refractivity contribution in [1.29, 1.82) is 0 Å². The third kappa shape index (κ3) is 3.48. The molecule has 0 aliphatic carbocycles. The van der Waals surface area contributed by atoms with Gasteiger partial charge in [0.2, 0.25) is 0 Å². The largest absolute Gasteiger partial charge is 0.370 e. The maximum absolute atomic E-state index is 5.99. The number of aromatic nitrogens is 1. The quantitative estimate of drug-likeness (QED) is 0.781. The van der Waals surface area contributed by atoms with Gasteiger partial charge in [0.05, 0.1) is 5.88 Å². The van der Waals surface area contributed by atoms with Gasteiger partial charge in [-0.15, -0.1) is 11.6 Å². The number of benzene rings is 1. The minimum atomic E-state index is 0.487. The van der Waals surface area contributed by atoms with Gasteiger partial charge < -0.3 is 4.90 Å². The Morgan fingerprint density at radius 1 is 1.16 bits per heavy atom. The van der Waals surface area contributed by atoms with Gasteiger partial charge in [-0.25, -0.2) is 0 Å². The predicted molar refractivity (Wildman–Crippen MR) is 81.8 cm³/mol. The zero-order valence-corrected chi connectivity index (χ0v) is 12.4. The van der Waals surface area contributed by atoms with Gasteiger partial charge in [0.1, 0.15) is 0 Å². The van der Waals surface area contributed by atoms with Crippen molar-refractivity contribution >= 4 is 17.3 Å². The standard InChI is InChI=1S/C16H19ClN2/c1-12-4-6-14(7-5-12)11-19(3)16-8-13(2)18-10-15(16)9-17/h4-8,10H,9,11H2,1-3H3. The van der Waals surface area contributed by atoms with Crippen molar-refractivity contribution in [2.75, 3.05) is 11.9 Å². The van der Waals surface area contributed by atoms with Gasteiger partial charge in [-0.1, -0.05) is 29.8 Å². The van der Waals surface area contributed by atoms with E-state index in [0.29, 0.717) is 5.88 Å². The van der Waals surface area contributed by atoms with Crippen LogP contribution in [-0.4, -0.2) is 12.0 Å². The van der Waals surface area contributed by atoms with Crippen LogP contribution < -0.4 is 4.90 Å². The van der Waals surface area contributed by atoms with E-state index in [1.807, 2.05) is 13.1 Å². The van der Waals surface area contributed by atoms with Crippen molar-refractivity contribution < 1.29 is 0 Å². The first-order valence-corrected chi connectivity index (χ1v) is 6.92. The van der Waals surface area contributed by atoms with Crippen molar-refractivity contribution in [1.82, 2.24) is 4.98 Å². The topological polar surface area (TPSA) is 16.1 Å². The van der Waals surface area contributed by atoms with Crippen LogP contribution in [0.1, 0.15) is 22.4 Å². The second kappa shape index (κ2) is 6.07. The highest BCUT2D eigenvalue weighted by molar-refractivity contribution is 6.17. The van der Waals surface area contributed by atoms with Crippen LogP contribution >= 0.6 is 11.6 Å². The van der Waals surface area contributed by atoms with Gasteiger partial charge in [-0.2, -0.15) is 0 Å². The molecule has 19 heavy (non-hydrogen) atoms. The lowest BCUT2D eigenvalue weighted by Gasteiger charge is -2.22. The summed E-state index contributed by atoms with van der Waals surface area (Å²) in [6, 6.07) is 10.7. The van der Waals surface area contributed by atoms with Gasteiger partial charge in [-0.05, 0) is 25.5 Å². The molecule has 0 atom stereocenters. The predicted octanol–water partition coefficient (Wildman–Crippen LogP) is 4.07. The smallest absolute Gasteiger partial charge is 0.0509 e. The number of anilines is 1. The molecule has 2 rings (SSSR count). The molecule has 100 valence electrons. The number of hydrogen-bond donors (Lipinski definition) is 0. The number of rotatable bonds is 4. The molecule has 3 heteroatoms. The molecule has 0 saturated carbocycles. The fraction of sp³-hybridized carbons (Fsp3) is 0.312. The lowest BCUT2D eigenvalue weighted by Crippen LogP contribution is -2.18. The van der Waals surface area contributed by atoms with Gasteiger partial charge in [0.25, 0.3) is 0 Å². The molecule has 0 radical (unpaired) electrons. The molecule has 0 unspecified atom stereocenters. The SMILES string of the molecule is Cc1ccc(CN(C)c2cc(C)ncc2CCl)cc1. The summed E-state index contributed by atoms with van der Waals surface area (Å²) in [6.45, 7) is 4.97. The summed E-state index contributed by atoms with van der Waals surface area (Å²) in [5, 5.41) is 0. The highest BCUT2D eigenvalue weighted by atomic mass is 35.5. The van der Waals surface area contributed by atoms with Crippen molar-refractivity contribution in [3.05, 3.63) is 58.9 Å². The molecule has 0 bridgehead atoms. The van der Waals surface area contributed by atoms with Crippen LogP contribution in [0.4, 0.5) is 5.69 Å². The molecule has 2 aromatic rings. The molecule has 1 heterocycles. The molecule has 2 nitrogen and oxygen atoms in total. The molecule has 0 aliphatic rings. The molecule has 0 saturated heterocycles. The third-order valence-electron chi connectivity index (χ3n) is 3.19. The number of aryl methyl sites for hydroxylation is 2. The first-order chi connectivity index (χ1) is 9.10. The summed E-state index contributed by atoms with van der Waals surface area (Å²) in [4.78, 5) is 6.52. The third-order valence-corrected chi connectivity index (χ3v) is 3.48. The highest BCUT2D eigenvalue weighted by Gasteiger charge is 2.08. The Balaban J connectivity index is 2.21. The summed E-state index contributed by atoms with van der Waals surface area (Å²) < 4.78 is 0. The number of pyridine rings is 1. The van der Waals surface area contributed by atoms with Crippen LogP contribution in [0.15, 0.2) is 36.5 Å². The second-order valence-electron chi connectivity index (χ2n) is 4.93. The Morgan fingerprint density at radius 2 is 1.84 bits per heavy atom. The molecule has 0 fully saturated rings. The van der Waals surface area contributed by atoms with Gasteiger partial charge in [-0.3, -0.25) is 4.98 Å². The van der Waals surface area contributed by atoms with Crippen LogP contribution in [0.2, 0.25) is 0 Å². The number of alkyl halides is 1. The molecule has 0 amide bonds.